The first-order chi connectivity index (χ1) is 15.1. The smallest absolute Gasteiger partial charge is 0.249 e. The molecule has 0 saturated carbocycles. The van der Waals surface area contributed by atoms with E-state index in [-0.39, 0.29) is 24.0 Å². The second-order valence-electron chi connectivity index (χ2n) is 9.05. The van der Waals surface area contributed by atoms with Gasteiger partial charge in [0, 0.05) is 32.2 Å². The number of piperidine rings is 1. The van der Waals surface area contributed by atoms with Crippen molar-refractivity contribution in [2.24, 2.45) is 0 Å². The summed E-state index contributed by atoms with van der Waals surface area (Å²) in [6.45, 7) is 2.84. The fourth-order valence-corrected chi connectivity index (χ4v) is 5.44. The first-order valence-electron chi connectivity index (χ1n) is 11.5. The Morgan fingerprint density at radius 1 is 1.26 bits per heavy atom. The maximum absolute atomic E-state index is 13.3. The van der Waals surface area contributed by atoms with E-state index in [1.165, 1.54) is 0 Å². The van der Waals surface area contributed by atoms with E-state index in [9.17, 15) is 9.59 Å². The van der Waals surface area contributed by atoms with Gasteiger partial charge in [-0.15, -0.1) is 0 Å². The summed E-state index contributed by atoms with van der Waals surface area (Å²) in [7, 11) is 0. The molecule has 0 spiro atoms. The Labute approximate surface area is 182 Å². The number of carbonyl (C=O) groups excluding carboxylic acids is 2. The number of benzene rings is 1. The number of carbonyl (C=O) groups is 2. The molecule has 3 N–H and O–H groups in total. The lowest BCUT2D eigenvalue weighted by molar-refractivity contribution is -0.134. The van der Waals surface area contributed by atoms with Crippen LogP contribution in [0.15, 0.2) is 24.3 Å². The van der Waals surface area contributed by atoms with Crippen LogP contribution >= 0.6 is 0 Å². The van der Waals surface area contributed by atoms with E-state index in [1.54, 1.807) is 0 Å². The van der Waals surface area contributed by atoms with Crippen LogP contribution in [-0.4, -0.2) is 70.6 Å². The van der Waals surface area contributed by atoms with Crippen molar-refractivity contribution in [3.63, 3.8) is 0 Å². The third-order valence-electron chi connectivity index (χ3n) is 6.98. The van der Waals surface area contributed by atoms with Crippen molar-refractivity contribution in [1.29, 1.82) is 0 Å². The van der Waals surface area contributed by atoms with Crippen LogP contribution in [0.25, 0.3) is 11.0 Å². The van der Waals surface area contributed by atoms with Crippen molar-refractivity contribution in [3.05, 3.63) is 30.1 Å². The van der Waals surface area contributed by atoms with Crippen LogP contribution in [0.5, 0.6) is 0 Å². The average Bonchev–Trinajstić information content (AvgIpc) is 3.51. The quantitative estimate of drug-likeness (QED) is 0.652. The monoisotopic (exact) mass is 425 g/mol. The van der Waals surface area contributed by atoms with Gasteiger partial charge in [0.2, 0.25) is 11.8 Å². The van der Waals surface area contributed by atoms with Crippen molar-refractivity contribution >= 4 is 22.8 Å². The molecule has 2 aromatic rings. The Kier molecular flexibility index (Phi) is 5.67. The molecule has 2 amide bonds. The molecule has 0 radical (unpaired) electrons. The summed E-state index contributed by atoms with van der Waals surface area (Å²) in [4.78, 5) is 36.0. The Morgan fingerprint density at radius 3 is 3.00 bits per heavy atom. The van der Waals surface area contributed by atoms with Crippen LogP contribution in [0, 0.1) is 0 Å². The predicted molar refractivity (Wildman–Crippen MR) is 116 cm³/mol. The molecule has 166 valence electrons. The molecule has 3 aliphatic heterocycles. The molecule has 0 bridgehead atoms. The van der Waals surface area contributed by atoms with Gasteiger partial charge in [0.1, 0.15) is 17.5 Å². The van der Waals surface area contributed by atoms with Crippen LogP contribution in [0.1, 0.15) is 44.3 Å². The second kappa shape index (κ2) is 8.59. The highest BCUT2D eigenvalue weighted by Gasteiger charge is 2.52. The van der Waals surface area contributed by atoms with Crippen molar-refractivity contribution < 1.29 is 14.3 Å². The highest BCUT2D eigenvalue weighted by atomic mass is 16.5. The number of amides is 2. The summed E-state index contributed by atoms with van der Waals surface area (Å²) in [6, 6.07) is 7.94. The molecule has 4 heterocycles. The molecular formula is C23H31N5O3. The average molecular weight is 426 g/mol. The number of fused-ring (bicyclic) bond motifs is 2. The standard InChI is InChI=1S/C23H31N5O3/c29-21(19-8-5-13-31-19)25-16-14-23(10-3-4-12-28(23)15-16)22(30)24-11-9-20-26-17-6-1-2-7-18(17)27-20/h1-2,6-7,16,19H,3-5,8-15H2,(H,24,30)(H,25,29)(H,26,27)/t16-,19+,23+/m0/s1. The molecule has 8 heteroatoms. The van der Waals surface area contributed by atoms with E-state index in [1.807, 2.05) is 24.3 Å². The minimum Gasteiger partial charge on any atom is -0.368 e. The number of aromatic amines is 1. The molecule has 3 atom stereocenters. The molecule has 3 fully saturated rings. The van der Waals surface area contributed by atoms with Crippen molar-refractivity contribution in [2.75, 3.05) is 26.2 Å². The van der Waals surface area contributed by atoms with Crippen LogP contribution in [0.4, 0.5) is 0 Å². The third kappa shape index (κ3) is 4.06. The molecule has 3 saturated heterocycles. The van der Waals surface area contributed by atoms with Crippen molar-refractivity contribution in [2.45, 2.75) is 62.6 Å². The van der Waals surface area contributed by atoms with E-state index in [2.05, 4.69) is 25.5 Å². The van der Waals surface area contributed by atoms with Gasteiger partial charge in [-0.3, -0.25) is 14.5 Å². The van der Waals surface area contributed by atoms with Crippen LogP contribution in [0.3, 0.4) is 0 Å². The fourth-order valence-electron chi connectivity index (χ4n) is 5.44. The summed E-state index contributed by atoms with van der Waals surface area (Å²) in [5, 5.41) is 6.31. The van der Waals surface area contributed by atoms with Gasteiger partial charge in [-0.1, -0.05) is 12.1 Å². The minimum absolute atomic E-state index is 0.00378. The summed E-state index contributed by atoms with van der Waals surface area (Å²) < 4.78 is 5.52. The number of nitrogens with zero attached hydrogens (tertiary/aromatic N) is 2. The van der Waals surface area contributed by atoms with Crippen LogP contribution in [0.2, 0.25) is 0 Å². The SMILES string of the molecule is O=C(N[C@@H]1CN2CCCC[C@]2(C(=O)NCCc2nc3ccccc3[nH]2)C1)[C@H]1CCCO1. The Bertz CT molecular complexity index is 921. The Hall–Kier alpha value is -2.45. The zero-order chi connectivity index (χ0) is 21.3. The van der Waals surface area contributed by atoms with Crippen molar-refractivity contribution in [3.8, 4) is 0 Å². The number of ether oxygens (including phenoxy) is 1. The molecule has 1 aromatic heterocycles. The predicted octanol–water partition coefficient (Wildman–Crippen LogP) is 1.51. The fraction of sp³-hybridized carbons (Fsp3) is 0.609. The van der Waals surface area contributed by atoms with Gasteiger partial charge >= 0.3 is 0 Å². The maximum Gasteiger partial charge on any atom is 0.249 e. The number of aromatic nitrogens is 2. The normalized spacial score (nSPS) is 28.5. The molecule has 8 nitrogen and oxygen atoms in total. The number of hydrogen-bond donors (Lipinski definition) is 3. The van der Waals surface area contributed by atoms with Crippen LogP contribution < -0.4 is 10.6 Å². The first-order valence-corrected chi connectivity index (χ1v) is 11.5. The van der Waals surface area contributed by atoms with E-state index in [0.29, 0.717) is 26.0 Å². The van der Waals surface area contributed by atoms with Gasteiger partial charge in [0.15, 0.2) is 0 Å². The second-order valence-corrected chi connectivity index (χ2v) is 9.05. The molecular weight excluding hydrogens is 394 g/mol. The topological polar surface area (TPSA) is 99.4 Å². The van der Waals surface area contributed by atoms with Crippen LogP contribution in [-0.2, 0) is 20.7 Å². The number of para-hydroxylation sites is 2. The molecule has 5 rings (SSSR count). The number of nitrogens with one attached hydrogen (secondary N) is 3. The van der Waals surface area contributed by atoms with Gasteiger partial charge in [-0.2, -0.15) is 0 Å². The molecule has 3 aliphatic rings. The van der Waals surface area contributed by atoms with Crippen molar-refractivity contribution in [1.82, 2.24) is 25.5 Å². The lowest BCUT2D eigenvalue weighted by atomic mass is 9.84. The van der Waals surface area contributed by atoms with Gasteiger partial charge in [-0.05, 0) is 57.2 Å². The number of imidazole rings is 1. The van der Waals surface area contributed by atoms with E-state index in [4.69, 9.17) is 4.74 Å². The van der Waals surface area contributed by atoms with E-state index < -0.39 is 5.54 Å². The number of rotatable bonds is 6. The lowest BCUT2D eigenvalue weighted by Gasteiger charge is -2.40. The largest absolute Gasteiger partial charge is 0.368 e. The summed E-state index contributed by atoms with van der Waals surface area (Å²) in [5.41, 5.74) is 1.45. The number of hydrogen-bond acceptors (Lipinski definition) is 5. The molecule has 0 unspecified atom stereocenters. The first kappa shape index (κ1) is 20.5. The summed E-state index contributed by atoms with van der Waals surface area (Å²) >= 11 is 0. The Balaban J connectivity index is 1.20. The maximum atomic E-state index is 13.3. The highest BCUT2D eigenvalue weighted by molar-refractivity contribution is 5.87. The molecule has 31 heavy (non-hydrogen) atoms. The minimum atomic E-state index is -0.513. The van der Waals surface area contributed by atoms with Gasteiger partial charge in [0.05, 0.1) is 11.0 Å². The Morgan fingerprint density at radius 2 is 2.16 bits per heavy atom. The van der Waals surface area contributed by atoms with Gasteiger partial charge in [0.25, 0.3) is 0 Å². The molecule has 0 aliphatic carbocycles. The zero-order valence-electron chi connectivity index (χ0n) is 17.9. The lowest BCUT2D eigenvalue weighted by Crippen LogP contribution is -2.57. The van der Waals surface area contributed by atoms with Gasteiger partial charge < -0.3 is 20.4 Å². The third-order valence-corrected chi connectivity index (χ3v) is 6.98. The number of H-pyrrole nitrogens is 1. The summed E-state index contributed by atoms with van der Waals surface area (Å²) in [5.74, 6) is 0.938. The summed E-state index contributed by atoms with van der Waals surface area (Å²) in [6.07, 6.45) is 5.71. The molecule has 1 aromatic carbocycles. The highest BCUT2D eigenvalue weighted by Crippen LogP contribution is 2.38. The van der Waals surface area contributed by atoms with Gasteiger partial charge in [-0.25, -0.2) is 4.98 Å². The zero-order valence-corrected chi connectivity index (χ0v) is 17.9. The van der Waals surface area contributed by atoms with E-state index >= 15 is 0 Å². The van der Waals surface area contributed by atoms with E-state index in [0.717, 1.165) is 62.1 Å².